The van der Waals surface area contributed by atoms with Gasteiger partial charge in [0.1, 0.15) is 5.75 Å². The summed E-state index contributed by atoms with van der Waals surface area (Å²) >= 11 is 0. The maximum absolute atomic E-state index is 13.3. The van der Waals surface area contributed by atoms with Crippen LogP contribution in [0.15, 0.2) is 18.2 Å². The third-order valence-electron chi connectivity index (χ3n) is 6.73. The summed E-state index contributed by atoms with van der Waals surface area (Å²) < 4.78 is 18.5. The normalized spacial score (nSPS) is 29.7. The number of Topliss-reactive ketones (excluding diaryl/α,β-unsaturated/α-hetero) is 1. The smallest absolute Gasteiger partial charge is 0.165 e. The molecule has 168 valence electrons. The Morgan fingerprint density at radius 2 is 2.03 bits per heavy atom. The minimum Gasteiger partial charge on any atom is -0.491 e. The first-order valence-corrected chi connectivity index (χ1v) is 12.0. The molecule has 1 spiro atoms. The van der Waals surface area contributed by atoms with E-state index in [9.17, 15) is 4.79 Å². The second kappa shape index (κ2) is 10.3. The summed E-state index contributed by atoms with van der Waals surface area (Å²) in [6.07, 6.45) is 8.57. The predicted octanol–water partition coefficient (Wildman–Crippen LogP) is 6.28. The lowest BCUT2D eigenvalue weighted by molar-refractivity contribution is -0.178. The van der Waals surface area contributed by atoms with Crippen LogP contribution in [0, 0.1) is 12.8 Å². The molecule has 1 aliphatic heterocycles. The van der Waals surface area contributed by atoms with Crippen LogP contribution in [0.25, 0.3) is 0 Å². The molecule has 1 saturated heterocycles. The average Bonchev–Trinajstić information content (AvgIpc) is 2.91. The van der Waals surface area contributed by atoms with Gasteiger partial charge in [-0.3, -0.25) is 4.79 Å². The van der Waals surface area contributed by atoms with Crippen molar-refractivity contribution in [2.75, 3.05) is 6.61 Å². The molecule has 4 unspecified atom stereocenters. The van der Waals surface area contributed by atoms with Crippen LogP contribution in [0.3, 0.4) is 0 Å². The Labute approximate surface area is 182 Å². The zero-order valence-corrected chi connectivity index (χ0v) is 19.5. The van der Waals surface area contributed by atoms with E-state index in [2.05, 4.69) is 13.8 Å². The Balaban J connectivity index is 1.68. The van der Waals surface area contributed by atoms with Gasteiger partial charge in [-0.25, -0.2) is 0 Å². The first-order chi connectivity index (χ1) is 14.4. The Bertz CT molecular complexity index is 713. The lowest BCUT2D eigenvalue weighted by Crippen LogP contribution is -2.46. The largest absolute Gasteiger partial charge is 0.491 e. The maximum Gasteiger partial charge on any atom is 0.165 e. The van der Waals surface area contributed by atoms with Gasteiger partial charge < -0.3 is 14.2 Å². The van der Waals surface area contributed by atoms with E-state index in [-0.39, 0.29) is 35.6 Å². The van der Waals surface area contributed by atoms with Crippen molar-refractivity contribution in [3.8, 4) is 5.75 Å². The Hall–Kier alpha value is -1.39. The maximum atomic E-state index is 13.3. The topological polar surface area (TPSA) is 44.8 Å². The van der Waals surface area contributed by atoms with Crippen molar-refractivity contribution < 1.29 is 19.0 Å². The van der Waals surface area contributed by atoms with Crippen LogP contribution in [-0.2, 0) is 9.47 Å². The highest BCUT2D eigenvalue weighted by Gasteiger charge is 2.43. The average molecular weight is 417 g/mol. The van der Waals surface area contributed by atoms with E-state index in [1.165, 1.54) is 0 Å². The lowest BCUT2D eigenvalue weighted by atomic mass is 9.82. The molecular weight excluding hydrogens is 376 g/mol. The monoisotopic (exact) mass is 416 g/mol. The van der Waals surface area contributed by atoms with Crippen LogP contribution >= 0.6 is 0 Å². The van der Waals surface area contributed by atoms with E-state index in [0.717, 1.165) is 74.8 Å². The van der Waals surface area contributed by atoms with Gasteiger partial charge in [0.15, 0.2) is 5.78 Å². The van der Waals surface area contributed by atoms with Gasteiger partial charge in [0.2, 0.25) is 0 Å². The van der Waals surface area contributed by atoms with E-state index in [1.54, 1.807) is 0 Å². The fourth-order valence-electron chi connectivity index (χ4n) is 5.24. The summed E-state index contributed by atoms with van der Waals surface area (Å²) in [6, 6.07) is 5.88. The molecule has 4 atom stereocenters. The number of ether oxygens (including phenoxy) is 3. The molecule has 0 radical (unpaired) electrons. The molecule has 2 aliphatic rings. The summed E-state index contributed by atoms with van der Waals surface area (Å²) in [5, 5.41) is 0. The second-order valence-electron chi connectivity index (χ2n) is 9.49. The molecule has 1 heterocycles. The Kier molecular flexibility index (Phi) is 7.98. The molecule has 1 saturated carbocycles. The standard InChI is InChI=1S/C26H40O4/c1-6-22-16-23(28-7-2)17-26(30-22)13-8-9-20(12-14-26)25(27)21-10-11-24(19(5)15-21)29-18(3)4/h10-11,15,18,20,22-23H,6-9,12-14,16-17H2,1-5H3. The predicted molar refractivity (Wildman–Crippen MR) is 120 cm³/mol. The SMILES string of the molecule is CCOC1CC(CC)OC2(CCCC(C(=O)c3ccc(OC(C)C)c(C)c3)CC2)C1. The van der Waals surface area contributed by atoms with E-state index in [0.29, 0.717) is 0 Å². The highest BCUT2D eigenvalue weighted by atomic mass is 16.5. The first-order valence-electron chi connectivity index (χ1n) is 12.0. The van der Waals surface area contributed by atoms with Gasteiger partial charge in [0.05, 0.1) is 23.9 Å². The van der Waals surface area contributed by atoms with Gasteiger partial charge >= 0.3 is 0 Å². The minimum absolute atomic E-state index is 0.0804. The molecule has 4 nitrogen and oxygen atoms in total. The van der Waals surface area contributed by atoms with E-state index < -0.39 is 0 Å². The summed E-state index contributed by atoms with van der Waals surface area (Å²) in [5.74, 6) is 1.22. The fraction of sp³-hybridized carbons (Fsp3) is 0.731. The van der Waals surface area contributed by atoms with Gasteiger partial charge in [-0.05, 0) is 96.4 Å². The third kappa shape index (κ3) is 5.64. The summed E-state index contributed by atoms with van der Waals surface area (Å²) in [6.45, 7) is 11.1. The molecule has 4 heteroatoms. The molecule has 1 aromatic rings. The first kappa shape index (κ1) is 23.3. The molecule has 3 rings (SSSR count). The number of ketones is 1. The van der Waals surface area contributed by atoms with Crippen molar-refractivity contribution in [3.63, 3.8) is 0 Å². The van der Waals surface area contributed by atoms with Crippen LogP contribution in [-0.4, -0.2) is 36.3 Å². The van der Waals surface area contributed by atoms with Gasteiger partial charge in [-0.15, -0.1) is 0 Å². The van der Waals surface area contributed by atoms with Crippen molar-refractivity contribution in [1.82, 2.24) is 0 Å². The number of carbonyl (C=O) groups is 1. The summed E-state index contributed by atoms with van der Waals surface area (Å²) in [5.41, 5.74) is 1.73. The Morgan fingerprint density at radius 1 is 1.23 bits per heavy atom. The number of rotatable bonds is 7. The lowest BCUT2D eigenvalue weighted by Gasteiger charge is -2.44. The third-order valence-corrected chi connectivity index (χ3v) is 6.73. The van der Waals surface area contributed by atoms with Crippen LogP contribution in [0.5, 0.6) is 5.75 Å². The molecule has 1 aromatic carbocycles. The van der Waals surface area contributed by atoms with Gasteiger partial charge in [-0.1, -0.05) is 6.92 Å². The fourth-order valence-corrected chi connectivity index (χ4v) is 5.24. The highest BCUT2D eigenvalue weighted by molar-refractivity contribution is 5.98. The van der Waals surface area contributed by atoms with E-state index >= 15 is 0 Å². The molecule has 0 bridgehead atoms. The number of carbonyl (C=O) groups excluding carboxylic acids is 1. The number of hydrogen-bond acceptors (Lipinski definition) is 4. The molecule has 2 fully saturated rings. The van der Waals surface area contributed by atoms with Crippen molar-refractivity contribution in [1.29, 1.82) is 0 Å². The molecule has 0 amide bonds. The van der Waals surface area contributed by atoms with Crippen molar-refractivity contribution >= 4 is 5.78 Å². The van der Waals surface area contributed by atoms with E-state index in [4.69, 9.17) is 14.2 Å². The molecule has 0 aromatic heterocycles. The van der Waals surface area contributed by atoms with Crippen LogP contribution < -0.4 is 4.74 Å². The molecule has 0 N–H and O–H groups in total. The molecule has 1 aliphatic carbocycles. The van der Waals surface area contributed by atoms with E-state index in [1.807, 2.05) is 39.0 Å². The zero-order valence-electron chi connectivity index (χ0n) is 19.5. The van der Waals surface area contributed by atoms with Gasteiger partial charge in [-0.2, -0.15) is 0 Å². The number of aryl methyl sites for hydroxylation is 1. The van der Waals surface area contributed by atoms with Gasteiger partial charge in [0.25, 0.3) is 0 Å². The van der Waals surface area contributed by atoms with Crippen LogP contribution in [0.2, 0.25) is 0 Å². The van der Waals surface area contributed by atoms with Crippen molar-refractivity contribution in [2.24, 2.45) is 5.92 Å². The van der Waals surface area contributed by atoms with Gasteiger partial charge in [0, 0.05) is 24.5 Å². The second-order valence-corrected chi connectivity index (χ2v) is 9.49. The molecular formula is C26H40O4. The molecule has 30 heavy (non-hydrogen) atoms. The minimum atomic E-state index is -0.112. The van der Waals surface area contributed by atoms with Crippen LogP contribution in [0.1, 0.15) is 95.0 Å². The van der Waals surface area contributed by atoms with Crippen molar-refractivity contribution in [2.45, 2.75) is 110 Å². The quantitative estimate of drug-likeness (QED) is 0.491. The Morgan fingerprint density at radius 3 is 2.70 bits per heavy atom. The summed E-state index contributed by atoms with van der Waals surface area (Å²) in [7, 11) is 0. The van der Waals surface area contributed by atoms with Crippen LogP contribution in [0.4, 0.5) is 0 Å². The summed E-state index contributed by atoms with van der Waals surface area (Å²) in [4.78, 5) is 13.3. The number of benzene rings is 1. The number of hydrogen-bond donors (Lipinski definition) is 0. The highest BCUT2D eigenvalue weighted by Crippen LogP contribution is 2.43. The van der Waals surface area contributed by atoms with Crippen molar-refractivity contribution in [3.05, 3.63) is 29.3 Å². The zero-order chi connectivity index (χ0) is 21.7.